The third-order valence-corrected chi connectivity index (χ3v) is 5.75. The van der Waals surface area contributed by atoms with Crippen molar-refractivity contribution >= 4 is 21.9 Å². The molecular weight excluding hydrogens is 336 g/mol. The number of rotatable bonds is 6. The molecule has 1 aromatic rings. The number of amides is 1. The van der Waals surface area contributed by atoms with Gasteiger partial charge in [-0.1, -0.05) is 0 Å². The number of carbonyl (C=O) groups excluding carboxylic acids is 1. The number of sulfonamides is 1. The third-order valence-electron chi connectivity index (χ3n) is 3.83. The van der Waals surface area contributed by atoms with Crippen molar-refractivity contribution in [2.45, 2.75) is 30.7 Å². The molecule has 0 bridgehead atoms. The summed E-state index contributed by atoms with van der Waals surface area (Å²) >= 11 is 0. The van der Waals surface area contributed by atoms with Gasteiger partial charge in [0.15, 0.2) is 0 Å². The highest BCUT2D eigenvalue weighted by Gasteiger charge is 2.30. The van der Waals surface area contributed by atoms with E-state index in [0.717, 1.165) is 12.8 Å². The first kappa shape index (κ1) is 18.2. The van der Waals surface area contributed by atoms with Crippen molar-refractivity contribution < 1.29 is 27.9 Å². The van der Waals surface area contributed by atoms with E-state index in [4.69, 9.17) is 9.84 Å². The molecular formula is C15H20N2O6S. The number of carboxylic acid groups (broad SMARTS) is 1. The van der Waals surface area contributed by atoms with Crippen LogP contribution >= 0.6 is 0 Å². The number of nitrogens with one attached hydrogen (secondary N) is 1. The van der Waals surface area contributed by atoms with E-state index in [2.05, 4.69) is 5.32 Å². The molecule has 1 saturated heterocycles. The zero-order chi connectivity index (χ0) is 17.9. The number of benzene rings is 1. The smallest absolute Gasteiger partial charge is 0.325 e. The minimum Gasteiger partial charge on any atom is -0.495 e. The van der Waals surface area contributed by atoms with Gasteiger partial charge in [0, 0.05) is 18.7 Å². The van der Waals surface area contributed by atoms with E-state index in [1.165, 1.54) is 36.5 Å². The quantitative estimate of drug-likeness (QED) is 0.775. The molecule has 0 unspecified atom stereocenters. The lowest BCUT2D eigenvalue weighted by Gasteiger charge is -2.18. The highest BCUT2D eigenvalue weighted by Crippen LogP contribution is 2.29. The summed E-state index contributed by atoms with van der Waals surface area (Å²) in [7, 11) is -2.42. The monoisotopic (exact) mass is 356 g/mol. The van der Waals surface area contributed by atoms with Gasteiger partial charge in [-0.3, -0.25) is 9.59 Å². The van der Waals surface area contributed by atoms with E-state index in [1.807, 2.05) is 0 Å². The predicted molar refractivity (Wildman–Crippen MR) is 85.6 cm³/mol. The molecule has 2 rings (SSSR count). The number of carbonyl (C=O) groups is 2. The molecule has 24 heavy (non-hydrogen) atoms. The fraction of sp³-hybridized carbons (Fsp3) is 0.467. The zero-order valence-corrected chi connectivity index (χ0v) is 14.3. The summed E-state index contributed by atoms with van der Waals surface area (Å²) in [6, 6.07) is 2.92. The maximum Gasteiger partial charge on any atom is 0.325 e. The fourth-order valence-electron chi connectivity index (χ4n) is 2.43. The average molecular weight is 356 g/mol. The van der Waals surface area contributed by atoms with E-state index >= 15 is 0 Å². The summed E-state index contributed by atoms with van der Waals surface area (Å²) in [6.07, 6.45) is 1.58. The first-order valence-electron chi connectivity index (χ1n) is 7.49. The molecule has 0 radical (unpaired) electrons. The second-order valence-corrected chi connectivity index (χ2v) is 7.42. The number of ether oxygens (including phenoxy) is 1. The highest BCUT2D eigenvalue weighted by molar-refractivity contribution is 7.89. The Morgan fingerprint density at radius 1 is 1.29 bits per heavy atom. The molecule has 0 aromatic heterocycles. The molecule has 9 heteroatoms. The van der Waals surface area contributed by atoms with Crippen molar-refractivity contribution in [3.05, 3.63) is 23.8 Å². The minimum atomic E-state index is -3.77. The molecule has 1 aromatic carbocycles. The first-order valence-corrected chi connectivity index (χ1v) is 8.93. The zero-order valence-electron chi connectivity index (χ0n) is 13.5. The number of hydrogen-bond donors (Lipinski definition) is 2. The third kappa shape index (κ3) is 3.68. The van der Waals surface area contributed by atoms with Crippen molar-refractivity contribution in [2.75, 3.05) is 20.2 Å². The molecule has 2 N–H and O–H groups in total. The van der Waals surface area contributed by atoms with Crippen molar-refractivity contribution in [1.29, 1.82) is 0 Å². The van der Waals surface area contributed by atoms with Crippen LogP contribution in [0.15, 0.2) is 23.1 Å². The van der Waals surface area contributed by atoms with Gasteiger partial charge in [-0.25, -0.2) is 8.42 Å². The lowest BCUT2D eigenvalue weighted by atomic mass is 10.2. The van der Waals surface area contributed by atoms with Crippen LogP contribution in [-0.4, -0.2) is 55.9 Å². The molecule has 0 aliphatic carbocycles. The Morgan fingerprint density at radius 3 is 2.46 bits per heavy atom. The first-order chi connectivity index (χ1) is 11.3. The number of carboxylic acids is 1. The maximum atomic E-state index is 12.7. The molecule has 1 aliphatic rings. The number of nitrogens with zero attached hydrogens (tertiary/aromatic N) is 1. The van der Waals surface area contributed by atoms with Crippen LogP contribution in [0, 0.1) is 0 Å². The number of methoxy groups -OCH3 is 1. The number of hydrogen-bond acceptors (Lipinski definition) is 5. The second-order valence-electron chi connectivity index (χ2n) is 5.51. The SMILES string of the molecule is COc1ccc(C(=O)N[C@@H](C)C(=O)O)cc1S(=O)(=O)N1CCCC1. The van der Waals surface area contributed by atoms with Crippen LogP contribution in [0.4, 0.5) is 0 Å². The van der Waals surface area contributed by atoms with Crippen LogP contribution in [0.2, 0.25) is 0 Å². The summed E-state index contributed by atoms with van der Waals surface area (Å²) in [5.41, 5.74) is 0.0571. The van der Waals surface area contributed by atoms with E-state index < -0.39 is 27.9 Å². The largest absolute Gasteiger partial charge is 0.495 e. The van der Waals surface area contributed by atoms with Crippen LogP contribution in [-0.2, 0) is 14.8 Å². The summed E-state index contributed by atoms with van der Waals surface area (Å²) in [5.74, 6) is -1.70. The van der Waals surface area contributed by atoms with Crippen LogP contribution in [0.5, 0.6) is 5.75 Å². The highest BCUT2D eigenvalue weighted by atomic mass is 32.2. The minimum absolute atomic E-state index is 0.0571. The molecule has 0 spiro atoms. The Hall–Kier alpha value is -2.13. The van der Waals surface area contributed by atoms with Crippen LogP contribution < -0.4 is 10.1 Å². The lowest BCUT2D eigenvalue weighted by molar-refractivity contribution is -0.138. The van der Waals surface area contributed by atoms with Gasteiger partial charge in [-0.15, -0.1) is 0 Å². The molecule has 1 fully saturated rings. The summed E-state index contributed by atoms with van der Waals surface area (Å²) < 4.78 is 31.9. The van der Waals surface area contributed by atoms with Gasteiger partial charge >= 0.3 is 5.97 Å². The van der Waals surface area contributed by atoms with E-state index in [9.17, 15) is 18.0 Å². The van der Waals surface area contributed by atoms with Gasteiger partial charge in [0.2, 0.25) is 10.0 Å². The van der Waals surface area contributed by atoms with Crippen molar-refractivity contribution in [3.8, 4) is 5.75 Å². The van der Waals surface area contributed by atoms with Gasteiger partial charge in [0.25, 0.3) is 5.91 Å². The van der Waals surface area contributed by atoms with Gasteiger partial charge in [-0.2, -0.15) is 4.31 Å². The Bertz CT molecular complexity index is 740. The fourth-order valence-corrected chi connectivity index (χ4v) is 4.13. The molecule has 1 aliphatic heterocycles. The standard InChI is InChI=1S/C15H20N2O6S/c1-10(15(19)20)16-14(18)11-5-6-12(23-2)13(9-11)24(21,22)17-7-3-4-8-17/h5-6,9-10H,3-4,7-8H2,1-2H3,(H,16,18)(H,19,20)/t10-/m0/s1. The Labute approximate surface area is 140 Å². The van der Waals surface area contributed by atoms with Gasteiger partial charge in [0.1, 0.15) is 16.7 Å². The van der Waals surface area contributed by atoms with E-state index in [0.29, 0.717) is 13.1 Å². The Kier molecular flexibility index (Phi) is 5.45. The number of aliphatic carboxylic acids is 1. The molecule has 1 atom stereocenters. The second kappa shape index (κ2) is 7.18. The maximum absolute atomic E-state index is 12.7. The molecule has 132 valence electrons. The van der Waals surface area contributed by atoms with Crippen LogP contribution in [0.25, 0.3) is 0 Å². The van der Waals surface area contributed by atoms with Crippen LogP contribution in [0.3, 0.4) is 0 Å². The van der Waals surface area contributed by atoms with E-state index in [1.54, 1.807) is 0 Å². The van der Waals surface area contributed by atoms with Gasteiger partial charge < -0.3 is 15.2 Å². The molecule has 0 saturated carbocycles. The average Bonchev–Trinajstić information content (AvgIpc) is 3.09. The summed E-state index contributed by atoms with van der Waals surface area (Å²) in [6.45, 7) is 2.18. The Morgan fingerprint density at radius 2 is 1.92 bits per heavy atom. The lowest BCUT2D eigenvalue weighted by Crippen LogP contribution is -2.38. The summed E-state index contributed by atoms with van der Waals surface area (Å²) in [4.78, 5) is 22.9. The summed E-state index contributed by atoms with van der Waals surface area (Å²) in [5, 5.41) is 11.1. The van der Waals surface area contributed by atoms with Crippen molar-refractivity contribution in [2.24, 2.45) is 0 Å². The molecule has 1 amide bonds. The normalized spacial score (nSPS) is 16.6. The Balaban J connectivity index is 2.37. The predicted octanol–water partition coefficient (Wildman–Crippen LogP) is 0.683. The van der Waals surface area contributed by atoms with Crippen LogP contribution in [0.1, 0.15) is 30.1 Å². The molecule has 8 nitrogen and oxygen atoms in total. The van der Waals surface area contributed by atoms with Crippen molar-refractivity contribution in [1.82, 2.24) is 9.62 Å². The topological polar surface area (TPSA) is 113 Å². The molecule has 1 heterocycles. The van der Waals surface area contributed by atoms with E-state index in [-0.39, 0.29) is 16.2 Å². The van der Waals surface area contributed by atoms with Gasteiger partial charge in [-0.05, 0) is 38.0 Å². The van der Waals surface area contributed by atoms with Crippen molar-refractivity contribution in [3.63, 3.8) is 0 Å². The van der Waals surface area contributed by atoms with Gasteiger partial charge in [0.05, 0.1) is 7.11 Å².